The molecule has 0 unspecified atom stereocenters. The Kier molecular flexibility index (Phi) is 2.69. The van der Waals surface area contributed by atoms with Crippen LogP contribution in [0.5, 0.6) is 0 Å². The molecule has 6 nitrogen and oxygen atoms in total. The van der Waals surface area contributed by atoms with Gasteiger partial charge in [-0.05, 0) is 24.3 Å². The fraction of sp³-hybridized carbons (Fsp3) is 0. The first kappa shape index (κ1) is 13.0. The number of fused-ring (bicyclic) bond motifs is 2. The van der Waals surface area contributed by atoms with Crippen LogP contribution in [0, 0.1) is 0 Å². The molecule has 0 saturated carbocycles. The normalized spacial score (nSPS) is 11.3. The maximum absolute atomic E-state index is 4.49. The molecule has 114 valence electrons. The lowest BCUT2D eigenvalue weighted by Gasteiger charge is -2.01. The highest BCUT2D eigenvalue weighted by atomic mass is 15.2. The van der Waals surface area contributed by atoms with E-state index in [2.05, 4.69) is 42.3 Å². The molecule has 0 aliphatic carbocycles. The molecule has 0 radical (unpaired) electrons. The molecule has 0 saturated heterocycles. The molecule has 0 aliphatic heterocycles. The average Bonchev–Trinajstić information content (AvgIpc) is 3.25. The average molecular weight is 312 g/mol. The van der Waals surface area contributed by atoms with E-state index in [1.807, 2.05) is 36.8 Å². The number of nitrogens with zero attached hydrogens (tertiary/aromatic N) is 4. The summed E-state index contributed by atoms with van der Waals surface area (Å²) in [6.07, 6.45) is 9.03. The van der Waals surface area contributed by atoms with Gasteiger partial charge in [0.15, 0.2) is 5.65 Å². The van der Waals surface area contributed by atoms with Crippen LogP contribution in [-0.4, -0.2) is 30.1 Å². The highest BCUT2D eigenvalue weighted by Gasteiger charge is 2.13. The smallest absolute Gasteiger partial charge is 0.155 e. The molecule has 0 fully saturated rings. The van der Waals surface area contributed by atoms with Gasteiger partial charge in [0.1, 0.15) is 5.69 Å². The summed E-state index contributed by atoms with van der Waals surface area (Å²) in [5, 5.41) is 9.46. The number of pyridine rings is 3. The van der Waals surface area contributed by atoms with Gasteiger partial charge in [-0.3, -0.25) is 15.1 Å². The largest absolute Gasteiger partial charge is 0.353 e. The number of hydrogen-bond acceptors (Lipinski definition) is 4. The van der Waals surface area contributed by atoms with Gasteiger partial charge in [0.05, 0.1) is 5.69 Å². The van der Waals surface area contributed by atoms with Crippen molar-refractivity contribution in [3.8, 4) is 22.5 Å². The predicted molar refractivity (Wildman–Crippen MR) is 92.2 cm³/mol. The van der Waals surface area contributed by atoms with Crippen molar-refractivity contribution in [3.63, 3.8) is 0 Å². The van der Waals surface area contributed by atoms with Crippen molar-refractivity contribution in [2.24, 2.45) is 0 Å². The minimum Gasteiger partial charge on any atom is -0.353 e. The first-order valence-electron chi connectivity index (χ1n) is 7.56. The Morgan fingerprint density at radius 1 is 0.875 bits per heavy atom. The minimum atomic E-state index is 0.759. The fourth-order valence-electron chi connectivity index (χ4n) is 2.90. The SMILES string of the molecule is c1cncc(-c2cnc3[nH]nc(-c4cc5cnccc5[nH]4)c3c2)c1. The summed E-state index contributed by atoms with van der Waals surface area (Å²) in [6, 6.07) is 10.0. The molecule has 0 aromatic carbocycles. The van der Waals surface area contributed by atoms with E-state index in [1.54, 1.807) is 12.4 Å². The van der Waals surface area contributed by atoms with Crippen molar-refractivity contribution < 1.29 is 0 Å². The van der Waals surface area contributed by atoms with Crippen molar-refractivity contribution in [3.05, 3.63) is 61.3 Å². The van der Waals surface area contributed by atoms with Crippen LogP contribution in [-0.2, 0) is 0 Å². The van der Waals surface area contributed by atoms with E-state index in [0.29, 0.717) is 0 Å². The third-order valence-electron chi connectivity index (χ3n) is 4.09. The van der Waals surface area contributed by atoms with Crippen molar-refractivity contribution >= 4 is 21.9 Å². The van der Waals surface area contributed by atoms with Crippen LogP contribution in [0.15, 0.2) is 61.3 Å². The highest BCUT2D eigenvalue weighted by Crippen LogP contribution is 2.30. The Labute approximate surface area is 136 Å². The molecular formula is C18H12N6. The lowest BCUT2D eigenvalue weighted by Crippen LogP contribution is -1.83. The van der Waals surface area contributed by atoms with Crippen LogP contribution in [0.3, 0.4) is 0 Å². The fourth-order valence-corrected chi connectivity index (χ4v) is 2.90. The molecule has 0 spiro atoms. The molecule has 24 heavy (non-hydrogen) atoms. The molecule has 2 N–H and O–H groups in total. The zero-order valence-electron chi connectivity index (χ0n) is 12.6. The zero-order valence-corrected chi connectivity index (χ0v) is 12.6. The number of H-pyrrole nitrogens is 2. The van der Waals surface area contributed by atoms with Gasteiger partial charge in [-0.25, -0.2) is 4.98 Å². The maximum atomic E-state index is 4.49. The molecule has 5 heterocycles. The van der Waals surface area contributed by atoms with E-state index >= 15 is 0 Å². The van der Waals surface area contributed by atoms with Crippen molar-refractivity contribution in [2.45, 2.75) is 0 Å². The molecular weight excluding hydrogens is 300 g/mol. The maximum Gasteiger partial charge on any atom is 0.155 e. The Hall–Kier alpha value is -3.54. The monoisotopic (exact) mass is 312 g/mol. The third-order valence-corrected chi connectivity index (χ3v) is 4.09. The van der Waals surface area contributed by atoms with Gasteiger partial charge in [-0.15, -0.1) is 0 Å². The second kappa shape index (κ2) is 4.99. The van der Waals surface area contributed by atoms with Crippen LogP contribution in [0.4, 0.5) is 0 Å². The molecule has 0 aliphatic rings. The van der Waals surface area contributed by atoms with E-state index < -0.39 is 0 Å². The summed E-state index contributed by atoms with van der Waals surface area (Å²) in [5.41, 5.74) is 5.62. The standard InChI is InChI=1S/C18H12N6/c1-2-11(8-19-4-1)12-6-14-17(23-24-18(14)21-10-12)16-7-13-9-20-5-3-15(13)22-16/h1-10,22H,(H,21,23,24). The van der Waals surface area contributed by atoms with E-state index in [1.165, 1.54) is 0 Å². The summed E-state index contributed by atoms with van der Waals surface area (Å²) in [4.78, 5) is 16.2. The molecule has 5 rings (SSSR count). The van der Waals surface area contributed by atoms with Gasteiger partial charge in [-0.2, -0.15) is 5.10 Å². The molecule has 6 heteroatoms. The number of rotatable bonds is 2. The van der Waals surface area contributed by atoms with Gasteiger partial charge in [0, 0.05) is 58.4 Å². The Morgan fingerprint density at radius 2 is 1.83 bits per heavy atom. The second-order valence-electron chi connectivity index (χ2n) is 5.58. The first-order valence-corrected chi connectivity index (χ1v) is 7.56. The summed E-state index contributed by atoms with van der Waals surface area (Å²) in [5.74, 6) is 0. The quantitative estimate of drug-likeness (QED) is 0.522. The molecule has 5 aromatic heterocycles. The molecule has 5 aromatic rings. The number of nitrogens with one attached hydrogen (secondary N) is 2. The van der Waals surface area contributed by atoms with Crippen LogP contribution >= 0.6 is 0 Å². The van der Waals surface area contributed by atoms with E-state index in [-0.39, 0.29) is 0 Å². The number of aromatic amines is 2. The second-order valence-corrected chi connectivity index (χ2v) is 5.58. The minimum absolute atomic E-state index is 0.759. The Balaban J connectivity index is 1.71. The van der Waals surface area contributed by atoms with Crippen molar-refractivity contribution in [1.82, 2.24) is 30.1 Å². The van der Waals surface area contributed by atoms with E-state index in [9.17, 15) is 0 Å². The van der Waals surface area contributed by atoms with Gasteiger partial charge in [0.25, 0.3) is 0 Å². The van der Waals surface area contributed by atoms with Crippen LogP contribution in [0.25, 0.3) is 44.5 Å². The first-order chi connectivity index (χ1) is 11.9. The highest BCUT2D eigenvalue weighted by molar-refractivity contribution is 5.95. The third kappa shape index (κ3) is 1.97. The lowest BCUT2D eigenvalue weighted by molar-refractivity contribution is 1.10. The molecule has 0 atom stereocenters. The van der Waals surface area contributed by atoms with E-state index in [0.717, 1.165) is 44.5 Å². The number of hydrogen-bond donors (Lipinski definition) is 2. The van der Waals surface area contributed by atoms with Gasteiger partial charge >= 0.3 is 0 Å². The lowest BCUT2D eigenvalue weighted by atomic mass is 10.1. The summed E-state index contributed by atoms with van der Waals surface area (Å²) < 4.78 is 0. The van der Waals surface area contributed by atoms with Crippen molar-refractivity contribution in [2.75, 3.05) is 0 Å². The Bertz CT molecular complexity index is 1120. The molecule has 0 bridgehead atoms. The zero-order chi connectivity index (χ0) is 15.9. The van der Waals surface area contributed by atoms with Gasteiger partial charge in [-0.1, -0.05) is 6.07 Å². The van der Waals surface area contributed by atoms with Gasteiger partial charge < -0.3 is 4.98 Å². The Morgan fingerprint density at radius 3 is 2.71 bits per heavy atom. The van der Waals surface area contributed by atoms with Gasteiger partial charge in [0.2, 0.25) is 0 Å². The predicted octanol–water partition coefficient (Wildman–Crippen LogP) is 3.56. The summed E-state index contributed by atoms with van der Waals surface area (Å²) >= 11 is 0. The summed E-state index contributed by atoms with van der Waals surface area (Å²) in [6.45, 7) is 0. The van der Waals surface area contributed by atoms with Crippen LogP contribution < -0.4 is 0 Å². The van der Waals surface area contributed by atoms with Crippen LogP contribution in [0.2, 0.25) is 0 Å². The van der Waals surface area contributed by atoms with Crippen LogP contribution in [0.1, 0.15) is 0 Å². The summed E-state index contributed by atoms with van der Waals surface area (Å²) in [7, 11) is 0. The number of aromatic nitrogens is 6. The topological polar surface area (TPSA) is 83.1 Å². The van der Waals surface area contributed by atoms with E-state index in [4.69, 9.17) is 0 Å². The molecule has 0 amide bonds. The van der Waals surface area contributed by atoms with Crippen molar-refractivity contribution in [1.29, 1.82) is 0 Å².